The van der Waals surface area contributed by atoms with E-state index < -0.39 is 21.8 Å². The van der Waals surface area contributed by atoms with Crippen LogP contribution in [0.3, 0.4) is 0 Å². The van der Waals surface area contributed by atoms with Crippen molar-refractivity contribution in [2.24, 2.45) is 0 Å². The Balaban J connectivity index is 1.78. The number of amides is 1. The first-order chi connectivity index (χ1) is 15.9. The van der Waals surface area contributed by atoms with Crippen molar-refractivity contribution >= 4 is 34.1 Å². The summed E-state index contributed by atoms with van der Waals surface area (Å²) in [5.41, 5.74) is 2.22. The molecular weight excluding hydrogens is 458 g/mol. The highest BCUT2D eigenvalue weighted by Crippen LogP contribution is 2.19. The monoisotopic (exact) mass is 491 g/mol. The van der Waals surface area contributed by atoms with Crippen LogP contribution in [0, 0.1) is 0 Å². The number of nitrogens with zero attached hydrogens (tertiary/aromatic N) is 1. The van der Waals surface area contributed by atoms with Gasteiger partial charge in [-0.05, 0) is 56.2 Å². The lowest BCUT2D eigenvalue weighted by Crippen LogP contribution is -2.34. The maximum Gasteiger partial charge on any atom is 0.414 e. The van der Waals surface area contributed by atoms with Gasteiger partial charge >= 0.3 is 6.09 Å². The molecule has 2 aromatic carbocycles. The van der Waals surface area contributed by atoms with Crippen molar-refractivity contribution in [3.63, 3.8) is 0 Å². The molecular formula is C25H33NO7S. The maximum absolute atomic E-state index is 12.2. The largest absolute Gasteiger partial charge is 0.491 e. The summed E-state index contributed by atoms with van der Waals surface area (Å²) >= 11 is 0. The Hall–Kier alpha value is -2.88. The number of rotatable bonds is 11. The van der Waals surface area contributed by atoms with E-state index in [1.54, 1.807) is 7.05 Å². The Labute approximate surface area is 202 Å². The lowest BCUT2D eigenvalue weighted by Gasteiger charge is -2.24. The molecule has 0 saturated heterocycles. The van der Waals surface area contributed by atoms with E-state index in [-0.39, 0.29) is 13.2 Å². The second kappa shape index (κ2) is 12.5. The van der Waals surface area contributed by atoms with Crippen LogP contribution in [0.25, 0.3) is 12.2 Å². The molecule has 0 fully saturated rings. The van der Waals surface area contributed by atoms with E-state index in [4.69, 9.17) is 14.2 Å². The smallest absolute Gasteiger partial charge is 0.414 e. The number of carbonyl (C=O) groups excluding carboxylic acids is 1. The Morgan fingerprint density at radius 2 is 1.41 bits per heavy atom. The highest BCUT2D eigenvalue weighted by Gasteiger charge is 2.20. The number of hydrogen-bond donors (Lipinski definition) is 0. The molecule has 0 unspecified atom stereocenters. The van der Waals surface area contributed by atoms with E-state index >= 15 is 0 Å². The molecule has 0 aromatic heterocycles. The molecule has 2 rings (SSSR count). The Morgan fingerprint density at radius 3 is 1.94 bits per heavy atom. The van der Waals surface area contributed by atoms with Crippen molar-refractivity contribution in [2.45, 2.75) is 26.4 Å². The van der Waals surface area contributed by atoms with Crippen LogP contribution >= 0.6 is 0 Å². The second-order valence-electron chi connectivity index (χ2n) is 8.52. The number of carbonyl (C=O) groups is 1. The lowest BCUT2D eigenvalue weighted by atomic mass is 10.1. The molecule has 34 heavy (non-hydrogen) atoms. The maximum atomic E-state index is 12.2. The van der Waals surface area contributed by atoms with Gasteiger partial charge in [0.05, 0.1) is 26.1 Å². The van der Waals surface area contributed by atoms with Crippen LogP contribution < -0.4 is 9.64 Å². The highest BCUT2D eigenvalue weighted by molar-refractivity contribution is 7.85. The summed E-state index contributed by atoms with van der Waals surface area (Å²) in [5, 5.41) is 0. The van der Waals surface area contributed by atoms with Gasteiger partial charge in [-0.25, -0.2) is 4.79 Å². The van der Waals surface area contributed by atoms with Crippen LogP contribution in [-0.4, -0.2) is 59.8 Å². The van der Waals surface area contributed by atoms with E-state index in [0.717, 1.165) is 23.1 Å². The zero-order valence-electron chi connectivity index (χ0n) is 20.3. The van der Waals surface area contributed by atoms with Gasteiger partial charge in [0.2, 0.25) is 0 Å². The first-order valence-corrected chi connectivity index (χ1v) is 12.6. The summed E-state index contributed by atoms with van der Waals surface area (Å²) in [5.74, 6) is 0.711. The van der Waals surface area contributed by atoms with Crippen molar-refractivity contribution < 1.29 is 31.6 Å². The summed E-state index contributed by atoms with van der Waals surface area (Å²) in [4.78, 5) is 13.7. The standard InChI is InChI=1S/C25H33NO7S/c1-25(2,3)33-24(27)26(4)22-12-8-20(9-13-22)6-7-21-10-14-23(15-11-21)31-18-16-30-17-19-32-34(5,28)29/h6-15H,16-19H2,1-5H3. The summed E-state index contributed by atoms with van der Waals surface area (Å²) < 4.78 is 42.5. The zero-order valence-corrected chi connectivity index (χ0v) is 21.1. The first-order valence-electron chi connectivity index (χ1n) is 10.8. The van der Waals surface area contributed by atoms with Crippen LogP contribution in [0.4, 0.5) is 10.5 Å². The molecule has 0 bridgehead atoms. The van der Waals surface area contributed by atoms with Crippen LogP contribution in [0.1, 0.15) is 31.9 Å². The quantitative estimate of drug-likeness (QED) is 0.258. The predicted molar refractivity (Wildman–Crippen MR) is 134 cm³/mol. The number of ether oxygens (including phenoxy) is 3. The van der Waals surface area contributed by atoms with Crippen LogP contribution in [0.2, 0.25) is 0 Å². The van der Waals surface area contributed by atoms with E-state index in [1.807, 2.05) is 81.5 Å². The Kier molecular flexibility index (Phi) is 10.1. The topological polar surface area (TPSA) is 91.4 Å². The summed E-state index contributed by atoms with van der Waals surface area (Å²) in [6.07, 6.45) is 4.57. The number of benzene rings is 2. The molecule has 0 heterocycles. The molecule has 0 aliphatic heterocycles. The third-order valence-electron chi connectivity index (χ3n) is 4.32. The fraction of sp³-hybridized carbons (Fsp3) is 0.400. The van der Waals surface area contributed by atoms with Gasteiger partial charge in [-0.3, -0.25) is 9.08 Å². The van der Waals surface area contributed by atoms with E-state index in [9.17, 15) is 13.2 Å². The SMILES string of the molecule is CN(C(=O)OC(C)(C)C)c1ccc(C=Cc2ccc(OCCOCCOS(C)(=O)=O)cc2)cc1. The predicted octanol–water partition coefficient (Wildman–Crippen LogP) is 4.60. The molecule has 186 valence electrons. The van der Waals surface area contributed by atoms with Gasteiger partial charge in [-0.15, -0.1) is 0 Å². The molecule has 2 aromatic rings. The minimum absolute atomic E-state index is 0.0109. The average molecular weight is 492 g/mol. The minimum Gasteiger partial charge on any atom is -0.491 e. The van der Waals surface area contributed by atoms with E-state index in [1.165, 1.54) is 4.90 Å². The van der Waals surface area contributed by atoms with E-state index in [0.29, 0.717) is 19.0 Å². The molecule has 8 nitrogen and oxygen atoms in total. The average Bonchev–Trinajstić information content (AvgIpc) is 2.76. The normalized spacial score (nSPS) is 12.0. The lowest BCUT2D eigenvalue weighted by molar-refractivity contribution is 0.0589. The Morgan fingerprint density at radius 1 is 0.882 bits per heavy atom. The molecule has 0 aliphatic carbocycles. The van der Waals surface area contributed by atoms with Crippen molar-refractivity contribution in [3.8, 4) is 5.75 Å². The van der Waals surface area contributed by atoms with E-state index in [2.05, 4.69) is 4.18 Å². The van der Waals surface area contributed by atoms with Crippen LogP contribution in [0.5, 0.6) is 5.75 Å². The van der Waals surface area contributed by atoms with Crippen molar-refractivity contribution in [1.29, 1.82) is 0 Å². The Bertz CT molecular complexity index is 1040. The van der Waals surface area contributed by atoms with Crippen molar-refractivity contribution in [2.75, 3.05) is 44.6 Å². The second-order valence-corrected chi connectivity index (χ2v) is 10.2. The summed E-state index contributed by atoms with van der Waals surface area (Å²) in [7, 11) is -1.75. The zero-order chi connectivity index (χ0) is 25.2. The third kappa shape index (κ3) is 10.8. The molecule has 0 radical (unpaired) electrons. The van der Waals surface area contributed by atoms with Gasteiger partial charge in [0.25, 0.3) is 10.1 Å². The summed E-state index contributed by atoms with van der Waals surface area (Å²) in [6, 6.07) is 15.2. The molecule has 0 atom stereocenters. The molecule has 0 N–H and O–H groups in total. The fourth-order valence-electron chi connectivity index (χ4n) is 2.68. The molecule has 1 amide bonds. The number of anilines is 1. The van der Waals surface area contributed by atoms with Gasteiger partial charge < -0.3 is 14.2 Å². The fourth-order valence-corrected chi connectivity index (χ4v) is 3.05. The number of hydrogen-bond acceptors (Lipinski definition) is 7. The van der Waals surface area contributed by atoms with Gasteiger partial charge in [0, 0.05) is 12.7 Å². The van der Waals surface area contributed by atoms with Crippen LogP contribution in [0.15, 0.2) is 48.5 Å². The van der Waals surface area contributed by atoms with Crippen molar-refractivity contribution in [1.82, 2.24) is 0 Å². The highest BCUT2D eigenvalue weighted by atomic mass is 32.2. The van der Waals surface area contributed by atoms with Crippen LogP contribution in [-0.2, 0) is 23.8 Å². The van der Waals surface area contributed by atoms with Crippen molar-refractivity contribution in [3.05, 3.63) is 59.7 Å². The van der Waals surface area contributed by atoms with Gasteiger partial charge in [0.15, 0.2) is 0 Å². The first kappa shape index (κ1) is 27.4. The molecule has 0 spiro atoms. The molecule has 0 aliphatic rings. The van der Waals surface area contributed by atoms with Gasteiger partial charge in [0.1, 0.15) is 18.0 Å². The van der Waals surface area contributed by atoms with Gasteiger partial charge in [-0.2, -0.15) is 8.42 Å². The molecule has 0 saturated carbocycles. The molecule has 9 heteroatoms. The van der Waals surface area contributed by atoms with Gasteiger partial charge in [-0.1, -0.05) is 36.4 Å². The summed E-state index contributed by atoms with van der Waals surface area (Å²) in [6.45, 7) is 6.35. The third-order valence-corrected chi connectivity index (χ3v) is 4.91. The minimum atomic E-state index is -3.44.